The molecule has 5 nitrogen and oxygen atoms in total. The normalized spacial score (nSPS) is 16.6. The Balaban J connectivity index is 2.48. The van der Waals surface area contributed by atoms with E-state index in [9.17, 15) is 18.3 Å². The molecule has 1 heterocycles. The number of rotatable bonds is 3. The molecule has 0 saturated heterocycles. The first-order valence-electron chi connectivity index (χ1n) is 6.42. The lowest BCUT2D eigenvalue weighted by Crippen LogP contribution is -2.34. The molecule has 1 aromatic rings. The van der Waals surface area contributed by atoms with E-state index in [1.165, 1.54) is 16.4 Å². The van der Waals surface area contributed by atoms with Gasteiger partial charge in [0.25, 0.3) is 0 Å². The van der Waals surface area contributed by atoms with Crippen LogP contribution in [0.4, 0.5) is 0 Å². The van der Waals surface area contributed by atoms with Crippen molar-refractivity contribution in [2.75, 3.05) is 13.1 Å². The van der Waals surface area contributed by atoms with Gasteiger partial charge in [0.15, 0.2) is 0 Å². The first kappa shape index (κ1) is 16.2. The van der Waals surface area contributed by atoms with Gasteiger partial charge in [-0.3, -0.25) is 0 Å². The van der Waals surface area contributed by atoms with Crippen molar-refractivity contribution in [3.63, 3.8) is 0 Å². The van der Waals surface area contributed by atoms with Crippen LogP contribution >= 0.6 is 15.9 Å². The second-order valence-electron chi connectivity index (χ2n) is 5.05. The lowest BCUT2D eigenvalue weighted by molar-refractivity contribution is 0.0695. The predicted octanol–water partition coefficient (Wildman–Crippen LogP) is 2.80. The van der Waals surface area contributed by atoms with E-state index < -0.39 is 16.0 Å². The van der Waals surface area contributed by atoms with Gasteiger partial charge in [-0.05, 0) is 38.0 Å². The number of nitrogens with zero attached hydrogens (tertiary/aromatic N) is 1. The fourth-order valence-corrected chi connectivity index (χ4v) is 4.19. The Labute approximate surface area is 132 Å². The van der Waals surface area contributed by atoms with Crippen LogP contribution in [-0.2, 0) is 10.0 Å². The minimum atomic E-state index is -3.69. The van der Waals surface area contributed by atoms with Gasteiger partial charge in [0.2, 0.25) is 10.0 Å². The zero-order valence-corrected chi connectivity index (χ0v) is 14.2. The number of carboxylic acid groups (broad SMARTS) is 1. The molecular formula is C14H16BrNO4S. The van der Waals surface area contributed by atoms with Crippen molar-refractivity contribution < 1.29 is 18.3 Å². The molecule has 0 saturated carbocycles. The Kier molecular flexibility index (Phi) is 4.55. The summed E-state index contributed by atoms with van der Waals surface area (Å²) in [6, 6.07) is 2.69. The summed E-state index contributed by atoms with van der Waals surface area (Å²) < 4.78 is 27.1. The van der Waals surface area contributed by atoms with Gasteiger partial charge >= 0.3 is 5.97 Å². The maximum absolute atomic E-state index is 12.6. The predicted molar refractivity (Wildman–Crippen MR) is 83.0 cm³/mol. The Morgan fingerprint density at radius 2 is 2.00 bits per heavy atom. The molecule has 0 spiro atoms. The van der Waals surface area contributed by atoms with Crippen molar-refractivity contribution in [3.8, 4) is 0 Å². The van der Waals surface area contributed by atoms with Gasteiger partial charge in [-0.25, -0.2) is 13.2 Å². The van der Waals surface area contributed by atoms with E-state index in [2.05, 4.69) is 15.9 Å². The zero-order chi connectivity index (χ0) is 15.8. The molecule has 0 amide bonds. The van der Waals surface area contributed by atoms with Crippen molar-refractivity contribution in [2.45, 2.75) is 25.2 Å². The summed E-state index contributed by atoms with van der Waals surface area (Å²) in [5, 5.41) is 9.19. The summed E-state index contributed by atoms with van der Waals surface area (Å²) in [5.41, 5.74) is 1.67. The molecule has 0 aromatic heterocycles. The minimum absolute atomic E-state index is 0.00493. The number of sulfonamides is 1. The summed E-state index contributed by atoms with van der Waals surface area (Å²) >= 11 is 3.23. The molecule has 7 heteroatoms. The van der Waals surface area contributed by atoms with E-state index in [1.807, 2.05) is 13.0 Å². The smallest absolute Gasteiger partial charge is 0.336 e. The third kappa shape index (κ3) is 3.20. The average molecular weight is 374 g/mol. The largest absolute Gasteiger partial charge is 0.478 e. The number of aromatic carboxylic acids is 1. The molecule has 1 N–H and O–H groups in total. The van der Waals surface area contributed by atoms with Crippen LogP contribution in [0, 0.1) is 6.92 Å². The highest BCUT2D eigenvalue weighted by Crippen LogP contribution is 2.28. The molecule has 1 aliphatic rings. The Bertz CT molecular complexity index is 725. The standard InChI is InChI=1S/C14H16BrNO4S/c1-9-3-5-16(6-4-9)21(19,20)11-7-12(14(17)18)10(2)13(15)8-11/h3,7-8H,4-6H2,1-2H3,(H,17,18). The number of hydrogen-bond acceptors (Lipinski definition) is 3. The third-order valence-corrected chi connectivity index (χ3v) is 6.25. The molecule has 0 aliphatic carbocycles. The first-order valence-corrected chi connectivity index (χ1v) is 8.66. The van der Waals surface area contributed by atoms with Gasteiger partial charge in [-0.15, -0.1) is 0 Å². The first-order chi connectivity index (χ1) is 9.73. The van der Waals surface area contributed by atoms with Crippen LogP contribution < -0.4 is 0 Å². The van der Waals surface area contributed by atoms with Crippen molar-refractivity contribution in [3.05, 3.63) is 39.4 Å². The Morgan fingerprint density at radius 1 is 1.33 bits per heavy atom. The molecule has 1 aliphatic heterocycles. The summed E-state index contributed by atoms with van der Waals surface area (Å²) in [7, 11) is -3.69. The quantitative estimate of drug-likeness (QED) is 0.826. The van der Waals surface area contributed by atoms with Crippen LogP contribution in [0.25, 0.3) is 0 Å². The van der Waals surface area contributed by atoms with Gasteiger partial charge in [0.05, 0.1) is 10.5 Å². The van der Waals surface area contributed by atoms with E-state index in [1.54, 1.807) is 6.92 Å². The number of carboxylic acids is 1. The highest BCUT2D eigenvalue weighted by atomic mass is 79.9. The van der Waals surface area contributed by atoms with Gasteiger partial charge in [0.1, 0.15) is 0 Å². The molecule has 0 unspecified atom stereocenters. The Morgan fingerprint density at radius 3 is 2.52 bits per heavy atom. The third-order valence-electron chi connectivity index (χ3n) is 3.58. The molecule has 0 radical (unpaired) electrons. The summed E-state index contributed by atoms with van der Waals surface area (Å²) in [6.45, 7) is 4.34. The van der Waals surface area contributed by atoms with E-state index in [0.29, 0.717) is 29.5 Å². The van der Waals surface area contributed by atoms with Crippen LogP contribution in [0.5, 0.6) is 0 Å². The van der Waals surface area contributed by atoms with Crippen LogP contribution in [0.2, 0.25) is 0 Å². The summed E-state index contributed by atoms with van der Waals surface area (Å²) in [4.78, 5) is 11.2. The maximum Gasteiger partial charge on any atom is 0.336 e. The fourth-order valence-electron chi connectivity index (χ4n) is 2.14. The van der Waals surface area contributed by atoms with Crippen LogP contribution in [-0.4, -0.2) is 36.9 Å². The monoisotopic (exact) mass is 373 g/mol. The van der Waals surface area contributed by atoms with Crippen molar-refractivity contribution >= 4 is 31.9 Å². The van der Waals surface area contributed by atoms with Crippen molar-refractivity contribution in [1.82, 2.24) is 4.31 Å². The molecule has 0 atom stereocenters. The molecule has 0 bridgehead atoms. The van der Waals surface area contributed by atoms with Gasteiger partial charge in [-0.2, -0.15) is 4.31 Å². The number of hydrogen-bond donors (Lipinski definition) is 1. The molecule has 1 aromatic carbocycles. The van der Waals surface area contributed by atoms with Crippen LogP contribution in [0.15, 0.2) is 33.2 Å². The van der Waals surface area contributed by atoms with Crippen LogP contribution in [0.1, 0.15) is 29.3 Å². The molecule has 21 heavy (non-hydrogen) atoms. The maximum atomic E-state index is 12.6. The second-order valence-corrected chi connectivity index (χ2v) is 7.84. The lowest BCUT2D eigenvalue weighted by Gasteiger charge is -2.25. The topological polar surface area (TPSA) is 74.7 Å². The number of carbonyl (C=O) groups is 1. The molecule has 0 fully saturated rings. The summed E-state index contributed by atoms with van der Waals surface area (Å²) in [6.07, 6.45) is 2.57. The van der Waals surface area contributed by atoms with E-state index in [-0.39, 0.29) is 10.5 Å². The minimum Gasteiger partial charge on any atom is -0.478 e. The fraction of sp³-hybridized carbons (Fsp3) is 0.357. The zero-order valence-electron chi connectivity index (χ0n) is 11.8. The van der Waals surface area contributed by atoms with E-state index in [0.717, 1.165) is 5.57 Å². The highest BCUT2D eigenvalue weighted by Gasteiger charge is 2.27. The van der Waals surface area contributed by atoms with E-state index >= 15 is 0 Å². The van der Waals surface area contributed by atoms with Crippen molar-refractivity contribution in [2.24, 2.45) is 0 Å². The average Bonchev–Trinajstić information content (AvgIpc) is 2.41. The number of benzene rings is 1. The van der Waals surface area contributed by atoms with Crippen LogP contribution in [0.3, 0.4) is 0 Å². The second kappa shape index (κ2) is 5.90. The lowest BCUT2D eigenvalue weighted by atomic mass is 10.1. The highest BCUT2D eigenvalue weighted by molar-refractivity contribution is 9.10. The SMILES string of the molecule is CC1=CCN(S(=O)(=O)c2cc(Br)c(C)c(C(=O)O)c2)CC1. The molecular weight excluding hydrogens is 358 g/mol. The number of halogens is 1. The Hall–Kier alpha value is -1.18. The van der Waals surface area contributed by atoms with Crippen molar-refractivity contribution in [1.29, 1.82) is 0 Å². The van der Waals surface area contributed by atoms with E-state index in [4.69, 9.17) is 0 Å². The summed E-state index contributed by atoms with van der Waals surface area (Å²) in [5.74, 6) is -1.14. The van der Waals surface area contributed by atoms with Gasteiger partial charge < -0.3 is 5.11 Å². The van der Waals surface area contributed by atoms with Gasteiger partial charge in [-0.1, -0.05) is 27.6 Å². The molecule has 114 valence electrons. The molecule has 2 rings (SSSR count). The van der Waals surface area contributed by atoms with Gasteiger partial charge in [0, 0.05) is 17.6 Å².